The van der Waals surface area contributed by atoms with Crippen molar-refractivity contribution in [3.05, 3.63) is 82.0 Å². The Morgan fingerprint density at radius 2 is 1.76 bits per heavy atom. The molecule has 0 unspecified atom stereocenters. The van der Waals surface area contributed by atoms with Gasteiger partial charge in [0.05, 0.1) is 6.61 Å². The lowest BCUT2D eigenvalue weighted by molar-refractivity contribution is 0.266. The second-order valence-electron chi connectivity index (χ2n) is 5.63. The highest BCUT2D eigenvalue weighted by atomic mass is 32.1. The standard InChI is InChI=1S/C21H23NO2S/c1-2-23-20-12-6-10-18(14-22-15-19-11-7-13-25-19)21(20)24-16-17-8-4-3-5-9-17/h3-13,22H,2,14-16H2,1H3. The molecule has 4 heteroatoms. The normalized spacial score (nSPS) is 10.6. The van der Waals surface area contributed by atoms with Crippen LogP contribution in [0.25, 0.3) is 0 Å². The Morgan fingerprint density at radius 3 is 2.52 bits per heavy atom. The van der Waals surface area contributed by atoms with Crippen molar-refractivity contribution in [3.63, 3.8) is 0 Å². The summed E-state index contributed by atoms with van der Waals surface area (Å²) in [6.07, 6.45) is 0. The van der Waals surface area contributed by atoms with Gasteiger partial charge in [0.2, 0.25) is 0 Å². The van der Waals surface area contributed by atoms with Crippen LogP contribution in [0.4, 0.5) is 0 Å². The van der Waals surface area contributed by atoms with Gasteiger partial charge in [-0.15, -0.1) is 11.3 Å². The van der Waals surface area contributed by atoms with Gasteiger partial charge in [-0.3, -0.25) is 0 Å². The van der Waals surface area contributed by atoms with E-state index >= 15 is 0 Å². The van der Waals surface area contributed by atoms with Gasteiger partial charge in [-0.25, -0.2) is 0 Å². The predicted octanol–water partition coefficient (Wildman–Crippen LogP) is 5.02. The van der Waals surface area contributed by atoms with E-state index in [0.717, 1.165) is 35.7 Å². The van der Waals surface area contributed by atoms with Gasteiger partial charge in [-0.05, 0) is 30.0 Å². The van der Waals surface area contributed by atoms with Gasteiger partial charge in [0.15, 0.2) is 11.5 Å². The molecule has 0 bridgehead atoms. The molecular weight excluding hydrogens is 330 g/mol. The molecule has 130 valence electrons. The molecule has 3 nitrogen and oxygen atoms in total. The summed E-state index contributed by atoms with van der Waals surface area (Å²) in [6, 6.07) is 20.5. The first kappa shape index (κ1) is 17.5. The highest BCUT2D eigenvalue weighted by Gasteiger charge is 2.11. The van der Waals surface area contributed by atoms with Crippen molar-refractivity contribution in [2.24, 2.45) is 0 Å². The number of benzene rings is 2. The number of ether oxygens (including phenoxy) is 2. The number of hydrogen-bond acceptors (Lipinski definition) is 4. The van der Waals surface area contributed by atoms with Crippen LogP contribution >= 0.6 is 11.3 Å². The minimum absolute atomic E-state index is 0.531. The van der Waals surface area contributed by atoms with Crippen molar-refractivity contribution < 1.29 is 9.47 Å². The van der Waals surface area contributed by atoms with Crippen molar-refractivity contribution in [1.29, 1.82) is 0 Å². The van der Waals surface area contributed by atoms with Crippen LogP contribution < -0.4 is 14.8 Å². The zero-order valence-electron chi connectivity index (χ0n) is 14.4. The van der Waals surface area contributed by atoms with Gasteiger partial charge in [0.25, 0.3) is 0 Å². The summed E-state index contributed by atoms with van der Waals surface area (Å²) >= 11 is 1.76. The minimum atomic E-state index is 0.531. The van der Waals surface area contributed by atoms with E-state index in [2.05, 4.69) is 41.0 Å². The minimum Gasteiger partial charge on any atom is -0.490 e. The maximum absolute atomic E-state index is 6.13. The molecule has 3 aromatic rings. The molecule has 25 heavy (non-hydrogen) atoms. The van der Waals surface area contributed by atoms with E-state index in [9.17, 15) is 0 Å². The number of thiophene rings is 1. The van der Waals surface area contributed by atoms with Crippen LogP contribution in [0, 0.1) is 0 Å². The van der Waals surface area contributed by atoms with Gasteiger partial charge >= 0.3 is 0 Å². The fourth-order valence-corrected chi connectivity index (χ4v) is 3.27. The van der Waals surface area contributed by atoms with E-state index < -0.39 is 0 Å². The fourth-order valence-electron chi connectivity index (χ4n) is 2.60. The first-order chi connectivity index (χ1) is 12.4. The Labute approximate surface area is 153 Å². The van der Waals surface area contributed by atoms with Crippen LogP contribution in [0.3, 0.4) is 0 Å². The van der Waals surface area contributed by atoms with E-state index in [1.54, 1.807) is 11.3 Å². The summed E-state index contributed by atoms with van der Waals surface area (Å²) in [5.74, 6) is 1.63. The SMILES string of the molecule is CCOc1cccc(CNCc2cccs2)c1OCc1ccccc1. The first-order valence-corrected chi connectivity index (χ1v) is 9.39. The summed E-state index contributed by atoms with van der Waals surface area (Å²) in [7, 11) is 0. The molecule has 0 aliphatic carbocycles. The fraction of sp³-hybridized carbons (Fsp3) is 0.238. The number of nitrogens with one attached hydrogen (secondary N) is 1. The van der Waals surface area contributed by atoms with Gasteiger partial charge in [0.1, 0.15) is 6.61 Å². The third-order valence-corrected chi connectivity index (χ3v) is 4.66. The summed E-state index contributed by atoms with van der Waals surface area (Å²) in [5.41, 5.74) is 2.25. The summed E-state index contributed by atoms with van der Waals surface area (Å²) < 4.78 is 11.9. The quantitative estimate of drug-likeness (QED) is 0.586. The molecule has 0 spiro atoms. The van der Waals surface area contributed by atoms with E-state index in [1.807, 2.05) is 37.3 Å². The van der Waals surface area contributed by atoms with Crippen LogP contribution in [0.5, 0.6) is 11.5 Å². The maximum atomic E-state index is 6.13. The van der Waals surface area contributed by atoms with Crippen molar-refractivity contribution >= 4 is 11.3 Å². The lowest BCUT2D eigenvalue weighted by Crippen LogP contribution is -2.13. The van der Waals surface area contributed by atoms with Gasteiger partial charge in [0, 0.05) is 23.5 Å². The Morgan fingerprint density at radius 1 is 0.880 bits per heavy atom. The highest BCUT2D eigenvalue weighted by molar-refractivity contribution is 7.09. The van der Waals surface area contributed by atoms with Crippen molar-refractivity contribution in [1.82, 2.24) is 5.32 Å². The Balaban J connectivity index is 1.70. The van der Waals surface area contributed by atoms with Crippen molar-refractivity contribution in [2.45, 2.75) is 26.6 Å². The van der Waals surface area contributed by atoms with Crippen LogP contribution in [0.1, 0.15) is 22.9 Å². The molecule has 1 heterocycles. The zero-order chi connectivity index (χ0) is 17.3. The third kappa shape index (κ3) is 5.08. The molecule has 0 amide bonds. The first-order valence-electron chi connectivity index (χ1n) is 8.51. The molecule has 3 rings (SSSR count). The Bertz CT molecular complexity index is 757. The Kier molecular flexibility index (Phi) is 6.48. The number of hydrogen-bond donors (Lipinski definition) is 1. The molecule has 1 N–H and O–H groups in total. The number of rotatable bonds is 9. The van der Waals surface area contributed by atoms with E-state index in [1.165, 1.54) is 4.88 Å². The molecule has 2 aromatic carbocycles. The average molecular weight is 353 g/mol. The lowest BCUT2D eigenvalue weighted by atomic mass is 10.1. The van der Waals surface area contributed by atoms with Gasteiger partial charge < -0.3 is 14.8 Å². The predicted molar refractivity (Wildman–Crippen MR) is 103 cm³/mol. The summed E-state index contributed by atoms with van der Waals surface area (Å²) in [4.78, 5) is 1.33. The average Bonchev–Trinajstić information content (AvgIpc) is 3.16. The lowest BCUT2D eigenvalue weighted by Gasteiger charge is -2.16. The zero-order valence-corrected chi connectivity index (χ0v) is 15.2. The molecule has 1 aromatic heterocycles. The molecule has 0 fully saturated rings. The van der Waals surface area contributed by atoms with Crippen LogP contribution in [-0.2, 0) is 19.7 Å². The van der Waals surface area contributed by atoms with Crippen molar-refractivity contribution in [2.75, 3.05) is 6.61 Å². The molecule has 0 aliphatic rings. The molecule has 0 saturated heterocycles. The second kappa shape index (κ2) is 9.25. The van der Waals surface area contributed by atoms with Crippen LogP contribution in [0.2, 0.25) is 0 Å². The Hall–Kier alpha value is -2.30. The van der Waals surface area contributed by atoms with E-state index in [4.69, 9.17) is 9.47 Å². The molecular formula is C21H23NO2S. The second-order valence-corrected chi connectivity index (χ2v) is 6.67. The van der Waals surface area contributed by atoms with Crippen molar-refractivity contribution in [3.8, 4) is 11.5 Å². The molecule has 0 radical (unpaired) electrons. The third-order valence-electron chi connectivity index (χ3n) is 3.78. The molecule has 0 saturated carbocycles. The largest absolute Gasteiger partial charge is 0.490 e. The highest BCUT2D eigenvalue weighted by Crippen LogP contribution is 2.32. The van der Waals surface area contributed by atoms with E-state index in [0.29, 0.717) is 13.2 Å². The van der Waals surface area contributed by atoms with E-state index in [-0.39, 0.29) is 0 Å². The monoisotopic (exact) mass is 353 g/mol. The van der Waals surface area contributed by atoms with Gasteiger partial charge in [-0.2, -0.15) is 0 Å². The molecule has 0 aliphatic heterocycles. The smallest absolute Gasteiger partial charge is 0.166 e. The summed E-state index contributed by atoms with van der Waals surface area (Å²) in [5, 5.41) is 5.59. The van der Waals surface area contributed by atoms with Crippen LogP contribution in [0.15, 0.2) is 66.0 Å². The van der Waals surface area contributed by atoms with Crippen LogP contribution in [-0.4, -0.2) is 6.61 Å². The van der Waals surface area contributed by atoms with Gasteiger partial charge in [-0.1, -0.05) is 48.5 Å². The topological polar surface area (TPSA) is 30.5 Å². The maximum Gasteiger partial charge on any atom is 0.166 e. The molecule has 0 atom stereocenters. The number of para-hydroxylation sites is 1. The summed E-state index contributed by atoms with van der Waals surface area (Å²) in [6.45, 7) is 4.73.